The molecule has 1 aliphatic heterocycles. The second kappa shape index (κ2) is 5.26. The van der Waals surface area contributed by atoms with Gasteiger partial charge in [0.15, 0.2) is 5.69 Å². The highest BCUT2D eigenvalue weighted by Gasteiger charge is 2.32. The number of esters is 1. The molecule has 2 heterocycles. The summed E-state index contributed by atoms with van der Waals surface area (Å²) in [5, 5.41) is 3.87. The van der Waals surface area contributed by atoms with Crippen molar-refractivity contribution in [1.29, 1.82) is 0 Å². The van der Waals surface area contributed by atoms with Crippen LogP contribution in [0.5, 0.6) is 0 Å². The van der Waals surface area contributed by atoms with Crippen molar-refractivity contribution < 1.29 is 18.8 Å². The molecule has 3 rings (SSSR count). The zero-order chi connectivity index (χ0) is 14.1. The molecule has 0 bridgehead atoms. The molecule has 0 aromatic carbocycles. The van der Waals surface area contributed by atoms with Crippen LogP contribution in [0, 0.1) is 5.92 Å². The third-order valence-electron chi connectivity index (χ3n) is 4.04. The standard InChI is InChI=1S/C14H18N2O4/c1-19-14(18)10-4-6-16(7-5-10)13(17)11-8-12(20-15-11)9-2-3-9/h8-10H,2-7H2,1H3. The second-order valence-corrected chi connectivity index (χ2v) is 5.48. The summed E-state index contributed by atoms with van der Waals surface area (Å²) in [6.45, 7) is 1.12. The molecule has 1 aromatic heterocycles. The molecule has 0 spiro atoms. The van der Waals surface area contributed by atoms with Gasteiger partial charge in [-0.05, 0) is 25.7 Å². The molecule has 0 atom stereocenters. The fourth-order valence-corrected chi connectivity index (χ4v) is 2.60. The number of hydrogen-bond donors (Lipinski definition) is 0. The Balaban J connectivity index is 1.59. The van der Waals surface area contributed by atoms with Crippen molar-refractivity contribution in [2.75, 3.05) is 20.2 Å². The van der Waals surface area contributed by atoms with E-state index in [0.29, 0.717) is 37.5 Å². The minimum atomic E-state index is -0.186. The molecule has 6 heteroatoms. The summed E-state index contributed by atoms with van der Waals surface area (Å²) in [5.74, 6) is 0.883. The summed E-state index contributed by atoms with van der Waals surface area (Å²) >= 11 is 0. The molecule has 0 unspecified atom stereocenters. The van der Waals surface area contributed by atoms with E-state index < -0.39 is 0 Å². The highest BCUT2D eigenvalue weighted by molar-refractivity contribution is 5.92. The smallest absolute Gasteiger partial charge is 0.308 e. The Morgan fingerprint density at radius 1 is 1.30 bits per heavy atom. The highest BCUT2D eigenvalue weighted by atomic mass is 16.5. The van der Waals surface area contributed by atoms with E-state index in [-0.39, 0.29) is 17.8 Å². The van der Waals surface area contributed by atoms with Crippen molar-refractivity contribution in [3.05, 3.63) is 17.5 Å². The van der Waals surface area contributed by atoms with Gasteiger partial charge in [-0.15, -0.1) is 0 Å². The van der Waals surface area contributed by atoms with Gasteiger partial charge in [-0.3, -0.25) is 9.59 Å². The minimum Gasteiger partial charge on any atom is -0.469 e. The van der Waals surface area contributed by atoms with Gasteiger partial charge in [0, 0.05) is 25.1 Å². The van der Waals surface area contributed by atoms with Gasteiger partial charge in [-0.1, -0.05) is 5.16 Å². The Morgan fingerprint density at radius 2 is 2.00 bits per heavy atom. The van der Waals surface area contributed by atoms with Crippen LogP contribution in [0.25, 0.3) is 0 Å². The quantitative estimate of drug-likeness (QED) is 0.785. The molecule has 108 valence electrons. The largest absolute Gasteiger partial charge is 0.469 e. The number of piperidine rings is 1. The van der Waals surface area contributed by atoms with E-state index in [0.717, 1.165) is 18.6 Å². The molecule has 1 aliphatic carbocycles. The van der Waals surface area contributed by atoms with Crippen molar-refractivity contribution >= 4 is 11.9 Å². The van der Waals surface area contributed by atoms with Crippen LogP contribution >= 0.6 is 0 Å². The first kappa shape index (κ1) is 13.1. The molecule has 6 nitrogen and oxygen atoms in total. The van der Waals surface area contributed by atoms with Crippen molar-refractivity contribution in [3.63, 3.8) is 0 Å². The third-order valence-corrected chi connectivity index (χ3v) is 4.04. The summed E-state index contributed by atoms with van der Waals surface area (Å²) in [6, 6.07) is 1.76. The SMILES string of the molecule is COC(=O)C1CCN(C(=O)c2cc(C3CC3)on2)CC1. The summed E-state index contributed by atoms with van der Waals surface area (Å²) in [5.41, 5.74) is 0.378. The Hall–Kier alpha value is -1.85. The van der Waals surface area contributed by atoms with Crippen LogP contribution in [0.4, 0.5) is 0 Å². The van der Waals surface area contributed by atoms with E-state index in [1.54, 1.807) is 11.0 Å². The summed E-state index contributed by atoms with van der Waals surface area (Å²) < 4.78 is 9.94. The van der Waals surface area contributed by atoms with Gasteiger partial charge in [0.25, 0.3) is 5.91 Å². The van der Waals surface area contributed by atoms with Crippen LogP contribution in [-0.4, -0.2) is 42.1 Å². The van der Waals surface area contributed by atoms with E-state index in [1.807, 2.05) is 0 Å². The lowest BCUT2D eigenvalue weighted by atomic mass is 9.97. The van der Waals surface area contributed by atoms with Crippen molar-refractivity contribution in [2.45, 2.75) is 31.6 Å². The first-order valence-corrected chi connectivity index (χ1v) is 7.02. The molecule has 1 saturated carbocycles. The van der Waals surface area contributed by atoms with E-state index in [2.05, 4.69) is 5.16 Å². The van der Waals surface area contributed by atoms with Gasteiger partial charge < -0.3 is 14.2 Å². The van der Waals surface area contributed by atoms with Crippen LogP contribution in [0.3, 0.4) is 0 Å². The Labute approximate surface area is 117 Å². The van der Waals surface area contributed by atoms with E-state index in [4.69, 9.17) is 9.26 Å². The molecule has 0 N–H and O–H groups in total. The normalized spacial score (nSPS) is 19.9. The predicted octanol–water partition coefficient (Wildman–Crippen LogP) is 1.58. The number of carbonyl (C=O) groups excluding carboxylic acids is 2. The maximum Gasteiger partial charge on any atom is 0.308 e. The lowest BCUT2D eigenvalue weighted by Gasteiger charge is -2.29. The monoisotopic (exact) mass is 278 g/mol. The van der Waals surface area contributed by atoms with Gasteiger partial charge in [0.05, 0.1) is 13.0 Å². The number of amides is 1. The Bertz CT molecular complexity index is 513. The van der Waals surface area contributed by atoms with Crippen molar-refractivity contribution in [1.82, 2.24) is 10.1 Å². The number of methoxy groups -OCH3 is 1. The number of ether oxygens (including phenoxy) is 1. The zero-order valence-corrected chi connectivity index (χ0v) is 11.5. The average Bonchev–Trinajstić information content (AvgIpc) is 3.23. The predicted molar refractivity (Wildman–Crippen MR) is 69.1 cm³/mol. The number of nitrogens with zero attached hydrogens (tertiary/aromatic N) is 2. The topological polar surface area (TPSA) is 72.6 Å². The minimum absolute atomic E-state index is 0.0941. The Kier molecular flexibility index (Phi) is 3.46. The number of carbonyl (C=O) groups is 2. The molecule has 1 saturated heterocycles. The molecule has 20 heavy (non-hydrogen) atoms. The molecule has 1 aromatic rings. The summed E-state index contributed by atoms with van der Waals surface area (Å²) in [6.07, 6.45) is 3.53. The maximum atomic E-state index is 12.3. The van der Waals surface area contributed by atoms with E-state index in [1.165, 1.54) is 7.11 Å². The summed E-state index contributed by atoms with van der Waals surface area (Å²) in [4.78, 5) is 25.5. The van der Waals surface area contributed by atoms with Gasteiger partial charge in [0.1, 0.15) is 5.76 Å². The van der Waals surface area contributed by atoms with Gasteiger partial charge in [0.2, 0.25) is 0 Å². The number of hydrogen-bond acceptors (Lipinski definition) is 5. The second-order valence-electron chi connectivity index (χ2n) is 5.48. The molecule has 2 aliphatic rings. The maximum absolute atomic E-state index is 12.3. The van der Waals surface area contributed by atoms with Gasteiger partial charge >= 0.3 is 5.97 Å². The first-order chi connectivity index (χ1) is 9.69. The van der Waals surface area contributed by atoms with Crippen LogP contribution in [-0.2, 0) is 9.53 Å². The fourth-order valence-electron chi connectivity index (χ4n) is 2.60. The number of aromatic nitrogens is 1. The highest BCUT2D eigenvalue weighted by Crippen LogP contribution is 2.40. The van der Waals surface area contributed by atoms with Crippen LogP contribution in [0.1, 0.15) is 47.8 Å². The van der Waals surface area contributed by atoms with Gasteiger partial charge in [-0.25, -0.2) is 0 Å². The number of likely N-dealkylation sites (tertiary alicyclic amines) is 1. The molecule has 0 radical (unpaired) electrons. The molecule has 2 fully saturated rings. The Morgan fingerprint density at radius 3 is 2.60 bits per heavy atom. The number of rotatable bonds is 3. The van der Waals surface area contributed by atoms with Crippen LogP contribution in [0.2, 0.25) is 0 Å². The van der Waals surface area contributed by atoms with E-state index in [9.17, 15) is 9.59 Å². The third kappa shape index (κ3) is 2.55. The lowest BCUT2D eigenvalue weighted by Crippen LogP contribution is -2.40. The fraction of sp³-hybridized carbons (Fsp3) is 0.643. The average molecular weight is 278 g/mol. The van der Waals surface area contributed by atoms with Crippen molar-refractivity contribution in [2.24, 2.45) is 5.92 Å². The zero-order valence-electron chi connectivity index (χ0n) is 11.5. The summed E-state index contributed by atoms with van der Waals surface area (Å²) in [7, 11) is 1.40. The first-order valence-electron chi connectivity index (χ1n) is 7.02. The molecule has 1 amide bonds. The van der Waals surface area contributed by atoms with E-state index >= 15 is 0 Å². The lowest BCUT2D eigenvalue weighted by molar-refractivity contribution is -0.146. The van der Waals surface area contributed by atoms with Gasteiger partial charge in [-0.2, -0.15) is 0 Å². The van der Waals surface area contributed by atoms with Crippen molar-refractivity contribution in [3.8, 4) is 0 Å². The molecular formula is C14H18N2O4. The van der Waals surface area contributed by atoms with Crippen LogP contribution < -0.4 is 0 Å². The van der Waals surface area contributed by atoms with Crippen LogP contribution in [0.15, 0.2) is 10.6 Å². The molecular weight excluding hydrogens is 260 g/mol.